The predicted octanol–water partition coefficient (Wildman–Crippen LogP) is 4.08. The molecule has 3 aromatic rings. The van der Waals surface area contributed by atoms with Gasteiger partial charge in [-0.25, -0.2) is 0 Å². The van der Waals surface area contributed by atoms with Gasteiger partial charge >= 0.3 is 0 Å². The highest BCUT2D eigenvalue weighted by atomic mass is 16.5. The monoisotopic (exact) mass is 386 g/mol. The van der Waals surface area contributed by atoms with Crippen molar-refractivity contribution in [2.75, 3.05) is 31.6 Å². The van der Waals surface area contributed by atoms with Gasteiger partial charge in [0.2, 0.25) is 0 Å². The molecule has 5 heteroatoms. The summed E-state index contributed by atoms with van der Waals surface area (Å²) in [6.45, 7) is 2.29. The molecule has 1 aliphatic heterocycles. The number of amides is 2. The van der Waals surface area contributed by atoms with Crippen molar-refractivity contribution >= 4 is 17.5 Å². The normalized spacial score (nSPS) is 13.7. The molecule has 0 radical (unpaired) electrons. The summed E-state index contributed by atoms with van der Waals surface area (Å²) in [5, 5.41) is 2.88. The standard InChI is InChI=1S/C24H22N2O3/c27-23(20-11-9-19(10-12-20)18-5-2-1-3-6-18)25-22-8-4-7-21(17-22)24(28)26-13-15-29-16-14-26/h1-12,17H,13-16H2,(H,25,27). The number of benzene rings is 3. The van der Waals surface area contributed by atoms with Crippen LogP contribution in [0.15, 0.2) is 78.9 Å². The van der Waals surface area contributed by atoms with Crippen LogP contribution < -0.4 is 5.32 Å². The fourth-order valence-electron chi connectivity index (χ4n) is 3.33. The van der Waals surface area contributed by atoms with Crippen LogP contribution in [0.4, 0.5) is 5.69 Å². The highest BCUT2D eigenvalue weighted by Gasteiger charge is 2.19. The van der Waals surface area contributed by atoms with E-state index in [0.29, 0.717) is 43.1 Å². The van der Waals surface area contributed by atoms with Gasteiger partial charge in [0.1, 0.15) is 0 Å². The molecule has 0 bridgehead atoms. The van der Waals surface area contributed by atoms with E-state index in [1.807, 2.05) is 42.5 Å². The van der Waals surface area contributed by atoms with Crippen molar-refractivity contribution in [3.8, 4) is 11.1 Å². The quantitative estimate of drug-likeness (QED) is 0.735. The molecule has 0 unspecified atom stereocenters. The highest BCUT2D eigenvalue weighted by molar-refractivity contribution is 6.05. The first-order chi connectivity index (χ1) is 14.2. The average Bonchev–Trinajstić information content (AvgIpc) is 2.80. The number of anilines is 1. The van der Waals surface area contributed by atoms with Crippen LogP contribution in [0, 0.1) is 0 Å². The second kappa shape index (κ2) is 8.71. The van der Waals surface area contributed by atoms with E-state index in [0.717, 1.165) is 11.1 Å². The average molecular weight is 386 g/mol. The third kappa shape index (κ3) is 4.52. The van der Waals surface area contributed by atoms with Crippen molar-refractivity contribution in [1.82, 2.24) is 4.90 Å². The second-order valence-corrected chi connectivity index (χ2v) is 6.88. The Hall–Kier alpha value is -3.44. The fraction of sp³-hybridized carbons (Fsp3) is 0.167. The van der Waals surface area contributed by atoms with Crippen LogP contribution >= 0.6 is 0 Å². The van der Waals surface area contributed by atoms with E-state index in [2.05, 4.69) is 5.32 Å². The third-order valence-electron chi connectivity index (χ3n) is 4.92. The molecular formula is C24H22N2O3. The van der Waals surface area contributed by atoms with Crippen LogP contribution in [0.2, 0.25) is 0 Å². The van der Waals surface area contributed by atoms with Gasteiger partial charge in [-0.1, -0.05) is 48.5 Å². The minimum atomic E-state index is -0.208. The Bertz CT molecular complexity index is 994. The van der Waals surface area contributed by atoms with Crippen LogP contribution in [0.3, 0.4) is 0 Å². The van der Waals surface area contributed by atoms with Gasteiger partial charge in [0.15, 0.2) is 0 Å². The number of nitrogens with zero attached hydrogens (tertiary/aromatic N) is 1. The van der Waals surface area contributed by atoms with Gasteiger partial charge in [-0.05, 0) is 41.5 Å². The minimum Gasteiger partial charge on any atom is -0.378 e. The van der Waals surface area contributed by atoms with E-state index in [-0.39, 0.29) is 11.8 Å². The number of nitrogens with one attached hydrogen (secondary N) is 1. The number of carbonyl (C=O) groups is 2. The number of ether oxygens (including phenoxy) is 1. The molecule has 146 valence electrons. The van der Waals surface area contributed by atoms with Gasteiger partial charge in [0.25, 0.3) is 11.8 Å². The number of rotatable bonds is 4. The van der Waals surface area contributed by atoms with E-state index < -0.39 is 0 Å². The van der Waals surface area contributed by atoms with E-state index in [4.69, 9.17) is 4.74 Å². The molecule has 0 spiro atoms. The molecule has 5 nitrogen and oxygen atoms in total. The lowest BCUT2D eigenvalue weighted by molar-refractivity contribution is 0.0303. The molecule has 1 heterocycles. The third-order valence-corrected chi connectivity index (χ3v) is 4.92. The summed E-state index contributed by atoms with van der Waals surface area (Å²) in [5.41, 5.74) is 3.88. The van der Waals surface area contributed by atoms with Crippen molar-refractivity contribution in [3.05, 3.63) is 90.0 Å². The maximum atomic E-state index is 12.6. The molecule has 0 atom stereocenters. The van der Waals surface area contributed by atoms with Gasteiger partial charge in [-0.3, -0.25) is 9.59 Å². The molecule has 0 aliphatic carbocycles. The molecule has 1 N–H and O–H groups in total. The van der Waals surface area contributed by atoms with Crippen molar-refractivity contribution in [2.24, 2.45) is 0 Å². The SMILES string of the molecule is O=C(Nc1cccc(C(=O)N2CCOCC2)c1)c1ccc(-c2ccccc2)cc1. The molecule has 0 saturated carbocycles. The van der Waals surface area contributed by atoms with Crippen molar-refractivity contribution < 1.29 is 14.3 Å². The number of carbonyl (C=O) groups excluding carboxylic acids is 2. The molecule has 1 fully saturated rings. The molecule has 1 saturated heterocycles. The smallest absolute Gasteiger partial charge is 0.255 e. The van der Waals surface area contributed by atoms with Crippen LogP contribution in [0.25, 0.3) is 11.1 Å². The van der Waals surface area contributed by atoms with Crippen LogP contribution in [-0.2, 0) is 4.74 Å². The second-order valence-electron chi connectivity index (χ2n) is 6.88. The summed E-state index contributed by atoms with van der Waals surface area (Å²) in [5.74, 6) is -0.253. The number of hydrogen-bond donors (Lipinski definition) is 1. The fourth-order valence-corrected chi connectivity index (χ4v) is 3.33. The molecule has 4 rings (SSSR count). The summed E-state index contributed by atoms with van der Waals surface area (Å²) in [7, 11) is 0. The van der Waals surface area contributed by atoms with Gasteiger partial charge in [0, 0.05) is 29.9 Å². The Kier molecular flexibility index (Phi) is 5.68. The zero-order valence-corrected chi connectivity index (χ0v) is 16.0. The first-order valence-electron chi connectivity index (χ1n) is 9.65. The minimum absolute atomic E-state index is 0.0448. The summed E-state index contributed by atoms with van der Waals surface area (Å²) < 4.78 is 5.30. The Morgan fingerprint density at radius 1 is 0.759 bits per heavy atom. The first kappa shape index (κ1) is 18.9. The Labute approximate surface area is 169 Å². The van der Waals surface area contributed by atoms with Gasteiger partial charge in [0.05, 0.1) is 13.2 Å². The Balaban J connectivity index is 1.45. The van der Waals surface area contributed by atoms with Crippen molar-refractivity contribution in [3.63, 3.8) is 0 Å². The molecule has 3 aromatic carbocycles. The summed E-state index contributed by atoms with van der Waals surface area (Å²) in [4.78, 5) is 27.0. The van der Waals surface area contributed by atoms with E-state index >= 15 is 0 Å². The van der Waals surface area contributed by atoms with Gasteiger partial charge in [-0.2, -0.15) is 0 Å². The maximum Gasteiger partial charge on any atom is 0.255 e. The zero-order valence-electron chi connectivity index (χ0n) is 16.0. The lowest BCUT2D eigenvalue weighted by Gasteiger charge is -2.27. The largest absolute Gasteiger partial charge is 0.378 e. The van der Waals surface area contributed by atoms with E-state index in [9.17, 15) is 9.59 Å². The lowest BCUT2D eigenvalue weighted by atomic mass is 10.0. The summed E-state index contributed by atoms with van der Waals surface area (Å²) in [6, 6.07) is 24.5. The zero-order chi connectivity index (χ0) is 20.1. The van der Waals surface area contributed by atoms with Crippen LogP contribution in [0.5, 0.6) is 0 Å². The Morgan fingerprint density at radius 3 is 2.17 bits per heavy atom. The van der Waals surface area contributed by atoms with Crippen molar-refractivity contribution in [1.29, 1.82) is 0 Å². The molecule has 1 aliphatic rings. The predicted molar refractivity (Wildman–Crippen MR) is 113 cm³/mol. The lowest BCUT2D eigenvalue weighted by Crippen LogP contribution is -2.40. The molecule has 2 amide bonds. The Morgan fingerprint density at radius 2 is 1.45 bits per heavy atom. The highest BCUT2D eigenvalue weighted by Crippen LogP contribution is 2.20. The first-order valence-corrected chi connectivity index (χ1v) is 9.65. The maximum absolute atomic E-state index is 12.6. The molecule has 0 aromatic heterocycles. The van der Waals surface area contributed by atoms with Crippen LogP contribution in [-0.4, -0.2) is 43.0 Å². The van der Waals surface area contributed by atoms with Gasteiger partial charge in [-0.15, -0.1) is 0 Å². The summed E-state index contributed by atoms with van der Waals surface area (Å²) >= 11 is 0. The number of hydrogen-bond acceptors (Lipinski definition) is 3. The van der Waals surface area contributed by atoms with Crippen LogP contribution in [0.1, 0.15) is 20.7 Å². The van der Waals surface area contributed by atoms with Crippen molar-refractivity contribution in [2.45, 2.75) is 0 Å². The van der Waals surface area contributed by atoms with E-state index in [1.54, 1.807) is 41.3 Å². The van der Waals surface area contributed by atoms with E-state index in [1.165, 1.54) is 0 Å². The molecule has 29 heavy (non-hydrogen) atoms. The number of morpholine rings is 1. The summed E-state index contributed by atoms with van der Waals surface area (Å²) in [6.07, 6.45) is 0. The molecular weight excluding hydrogens is 364 g/mol. The topological polar surface area (TPSA) is 58.6 Å². The van der Waals surface area contributed by atoms with Gasteiger partial charge < -0.3 is 15.0 Å².